The molecule has 14 heavy (non-hydrogen) atoms. The van der Waals surface area contributed by atoms with Crippen molar-refractivity contribution in [1.29, 1.82) is 0 Å². The van der Waals surface area contributed by atoms with Crippen LogP contribution in [0.3, 0.4) is 0 Å². The van der Waals surface area contributed by atoms with Crippen molar-refractivity contribution in [3.8, 4) is 5.69 Å². The third kappa shape index (κ3) is 1.64. The number of nitrogens with zero attached hydrogens (tertiary/aromatic N) is 2. The minimum Gasteiger partial charge on any atom is -0.399 e. The second kappa shape index (κ2) is 3.33. The largest absolute Gasteiger partial charge is 0.399 e. The monoisotopic (exact) mass is 187 g/mol. The summed E-state index contributed by atoms with van der Waals surface area (Å²) in [5.74, 6) is 0. The van der Waals surface area contributed by atoms with Crippen LogP contribution >= 0.6 is 0 Å². The summed E-state index contributed by atoms with van der Waals surface area (Å²) in [6.45, 7) is 0. The number of nitrogen functional groups attached to an aromatic ring is 1. The Kier molecular flexibility index (Phi) is 2.02. The smallest absolute Gasteiger partial charge is 0.200 e. The van der Waals surface area contributed by atoms with Gasteiger partial charge in [-0.15, -0.1) is 0 Å². The van der Waals surface area contributed by atoms with Gasteiger partial charge in [0, 0.05) is 18.0 Å². The van der Waals surface area contributed by atoms with Gasteiger partial charge in [-0.3, -0.25) is 4.79 Å². The molecule has 0 saturated carbocycles. The van der Waals surface area contributed by atoms with E-state index in [0.29, 0.717) is 5.69 Å². The Balaban J connectivity index is 2.49. The standard InChI is InChI=1S/C10H9N3O/c11-8-2-1-3-9(6-8)13-5-4-10(14)7-12-13/h1-7H,11H2. The molecule has 0 aliphatic heterocycles. The van der Waals surface area contributed by atoms with Gasteiger partial charge in [-0.1, -0.05) is 6.07 Å². The van der Waals surface area contributed by atoms with Gasteiger partial charge in [0.2, 0.25) is 0 Å². The summed E-state index contributed by atoms with van der Waals surface area (Å²) in [6.07, 6.45) is 2.88. The van der Waals surface area contributed by atoms with Crippen molar-refractivity contribution >= 4 is 5.69 Å². The molecule has 4 heteroatoms. The van der Waals surface area contributed by atoms with Gasteiger partial charge in [-0.2, -0.15) is 5.10 Å². The molecule has 2 N–H and O–H groups in total. The summed E-state index contributed by atoms with van der Waals surface area (Å²) in [4.78, 5) is 10.8. The number of hydrogen-bond donors (Lipinski definition) is 1. The van der Waals surface area contributed by atoms with Crippen LogP contribution in [0.25, 0.3) is 5.69 Å². The number of hydrogen-bond acceptors (Lipinski definition) is 3. The lowest BCUT2D eigenvalue weighted by atomic mass is 10.3. The van der Waals surface area contributed by atoms with Gasteiger partial charge in [0.1, 0.15) is 0 Å². The Labute approximate surface area is 80.6 Å². The van der Waals surface area contributed by atoms with Gasteiger partial charge in [-0.25, -0.2) is 4.68 Å². The van der Waals surface area contributed by atoms with Crippen LogP contribution in [0.5, 0.6) is 0 Å². The second-order valence-corrected chi connectivity index (χ2v) is 2.90. The van der Waals surface area contributed by atoms with Crippen LogP contribution in [0, 0.1) is 0 Å². The summed E-state index contributed by atoms with van der Waals surface area (Å²) >= 11 is 0. The maximum absolute atomic E-state index is 10.8. The fraction of sp³-hybridized carbons (Fsp3) is 0. The summed E-state index contributed by atoms with van der Waals surface area (Å²) < 4.78 is 1.60. The van der Waals surface area contributed by atoms with E-state index in [1.165, 1.54) is 12.3 Å². The summed E-state index contributed by atoms with van der Waals surface area (Å²) in [6, 6.07) is 8.75. The molecule has 2 aromatic rings. The predicted octanol–water partition coefficient (Wildman–Crippen LogP) is 0.815. The normalized spacial score (nSPS) is 10.0. The maximum Gasteiger partial charge on any atom is 0.200 e. The highest BCUT2D eigenvalue weighted by Crippen LogP contribution is 2.09. The Morgan fingerprint density at radius 2 is 2.14 bits per heavy atom. The molecule has 0 bridgehead atoms. The van der Waals surface area contributed by atoms with Gasteiger partial charge in [0.05, 0.1) is 11.9 Å². The zero-order chi connectivity index (χ0) is 9.97. The minimum atomic E-state index is -0.106. The molecule has 0 amide bonds. The Bertz CT molecular complexity index is 484. The third-order valence-corrected chi connectivity index (χ3v) is 1.82. The van der Waals surface area contributed by atoms with Crippen molar-refractivity contribution in [2.45, 2.75) is 0 Å². The summed E-state index contributed by atoms with van der Waals surface area (Å²) in [5, 5.41) is 3.94. The third-order valence-electron chi connectivity index (χ3n) is 1.82. The molecule has 0 saturated heterocycles. The van der Waals surface area contributed by atoms with Crippen LogP contribution in [0.4, 0.5) is 5.69 Å². The van der Waals surface area contributed by atoms with Gasteiger partial charge in [0.25, 0.3) is 0 Å². The first-order chi connectivity index (χ1) is 6.75. The molecule has 0 fully saturated rings. The molecular formula is C10H9N3O. The lowest BCUT2D eigenvalue weighted by Crippen LogP contribution is -2.06. The highest BCUT2D eigenvalue weighted by molar-refractivity contribution is 5.46. The summed E-state index contributed by atoms with van der Waals surface area (Å²) in [7, 11) is 0. The zero-order valence-electron chi connectivity index (χ0n) is 7.42. The average Bonchev–Trinajstić information content (AvgIpc) is 2.19. The first-order valence-corrected chi connectivity index (χ1v) is 4.16. The van der Waals surface area contributed by atoms with E-state index in [4.69, 9.17) is 5.73 Å². The van der Waals surface area contributed by atoms with E-state index in [1.54, 1.807) is 23.0 Å². The van der Waals surface area contributed by atoms with Crippen LogP contribution in [0.15, 0.2) is 47.5 Å². The molecule has 0 unspecified atom stereocenters. The second-order valence-electron chi connectivity index (χ2n) is 2.90. The highest BCUT2D eigenvalue weighted by Gasteiger charge is 1.95. The van der Waals surface area contributed by atoms with Gasteiger partial charge in [0.15, 0.2) is 5.43 Å². The predicted molar refractivity (Wildman–Crippen MR) is 54.2 cm³/mol. The molecule has 4 nitrogen and oxygen atoms in total. The first kappa shape index (κ1) is 8.50. The average molecular weight is 187 g/mol. The minimum absolute atomic E-state index is 0.106. The van der Waals surface area contributed by atoms with Crippen LogP contribution < -0.4 is 11.2 Å². The number of benzene rings is 1. The number of aromatic nitrogens is 2. The van der Waals surface area contributed by atoms with E-state index in [-0.39, 0.29) is 5.43 Å². The molecule has 0 aliphatic carbocycles. The molecule has 1 aromatic heterocycles. The van der Waals surface area contributed by atoms with Crippen LogP contribution in [0.2, 0.25) is 0 Å². The van der Waals surface area contributed by atoms with Gasteiger partial charge >= 0.3 is 0 Å². The quantitative estimate of drug-likeness (QED) is 0.672. The van der Waals surface area contributed by atoms with Gasteiger partial charge < -0.3 is 5.73 Å². The molecule has 2 rings (SSSR count). The molecule has 1 heterocycles. The van der Waals surface area contributed by atoms with Crippen molar-refractivity contribution in [3.05, 3.63) is 52.9 Å². The van der Waals surface area contributed by atoms with E-state index in [9.17, 15) is 4.79 Å². The zero-order valence-corrected chi connectivity index (χ0v) is 7.42. The molecule has 1 aromatic carbocycles. The van der Waals surface area contributed by atoms with Gasteiger partial charge in [-0.05, 0) is 18.2 Å². The fourth-order valence-corrected chi connectivity index (χ4v) is 1.16. The maximum atomic E-state index is 10.8. The molecule has 0 spiro atoms. The van der Waals surface area contributed by atoms with Crippen molar-refractivity contribution in [2.75, 3.05) is 5.73 Å². The van der Waals surface area contributed by atoms with E-state index < -0.39 is 0 Å². The lowest BCUT2D eigenvalue weighted by molar-refractivity contribution is 0.836. The fourth-order valence-electron chi connectivity index (χ4n) is 1.16. The molecular weight excluding hydrogens is 178 g/mol. The lowest BCUT2D eigenvalue weighted by Gasteiger charge is -2.03. The first-order valence-electron chi connectivity index (χ1n) is 4.16. The molecule has 0 atom stereocenters. The van der Waals surface area contributed by atoms with Crippen molar-refractivity contribution in [3.63, 3.8) is 0 Å². The SMILES string of the molecule is Nc1cccc(-n2ccc(=O)cn2)c1. The van der Waals surface area contributed by atoms with E-state index in [0.717, 1.165) is 5.69 Å². The molecule has 70 valence electrons. The number of nitrogens with two attached hydrogens (primary N) is 1. The summed E-state index contributed by atoms with van der Waals surface area (Å²) in [5.41, 5.74) is 7.02. The van der Waals surface area contributed by atoms with Crippen LogP contribution in [-0.4, -0.2) is 9.78 Å². The Hall–Kier alpha value is -2.10. The number of rotatable bonds is 1. The van der Waals surface area contributed by atoms with Crippen molar-refractivity contribution < 1.29 is 0 Å². The van der Waals surface area contributed by atoms with E-state index in [1.807, 2.05) is 12.1 Å². The van der Waals surface area contributed by atoms with E-state index in [2.05, 4.69) is 5.10 Å². The van der Waals surface area contributed by atoms with Crippen LogP contribution in [0.1, 0.15) is 0 Å². The van der Waals surface area contributed by atoms with E-state index >= 15 is 0 Å². The topological polar surface area (TPSA) is 60.9 Å². The number of anilines is 1. The Morgan fingerprint density at radius 3 is 2.79 bits per heavy atom. The highest BCUT2D eigenvalue weighted by atomic mass is 16.1. The molecule has 0 aliphatic rings. The van der Waals surface area contributed by atoms with Crippen LogP contribution in [-0.2, 0) is 0 Å². The van der Waals surface area contributed by atoms with Crippen molar-refractivity contribution in [2.24, 2.45) is 0 Å². The molecule has 0 radical (unpaired) electrons. The Morgan fingerprint density at radius 1 is 1.29 bits per heavy atom. The van der Waals surface area contributed by atoms with Crippen molar-refractivity contribution in [1.82, 2.24) is 9.78 Å².